The van der Waals surface area contributed by atoms with Gasteiger partial charge in [-0.3, -0.25) is 9.48 Å². The zero-order chi connectivity index (χ0) is 9.68. The number of nitrogens with zero attached hydrogens (tertiary/aromatic N) is 2. The molecule has 0 aromatic carbocycles. The Labute approximate surface area is 77.1 Å². The van der Waals surface area contributed by atoms with Crippen LogP contribution in [0.3, 0.4) is 0 Å². The summed E-state index contributed by atoms with van der Waals surface area (Å²) in [6, 6.07) is 1.76. The van der Waals surface area contributed by atoms with Crippen molar-refractivity contribution in [3.63, 3.8) is 0 Å². The van der Waals surface area contributed by atoms with Crippen LogP contribution in [0, 0.1) is 0 Å². The van der Waals surface area contributed by atoms with Crippen LogP contribution in [0.1, 0.15) is 6.42 Å². The van der Waals surface area contributed by atoms with Gasteiger partial charge in [-0.2, -0.15) is 5.10 Å². The van der Waals surface area contributed by atoms with Gasteiger partial charge in [-0.1, -0.05) is 0 Å². The zero-order valence-electron chi connectivity index (χ0n) is 7.87. The Bertz CT molecular complexity index is 281. The number of nitrogens with one attached hydrogen (secondary N) is 2. The summed E-state index contributed by atoms with van der Waals surface area (Å²) in [4.78, 5) is 11.2. The molecule has 0 radical (unpaired) electrons. The molecule has 72 valence electrons. The molecular formula is C8H14N4O. The fourth-order valence-corrected chi connectivity index (χ4v) is 0.940. The van der Waals surface area contributed by atoms with Crippen molar-refractivity contribution < 1.29 is 4.79 Å². The van der Waals surface area contributed by atoms with Crippen LogP contribution in [0.4, 0.5) is 5.82 Å². The first-order valence-corrected chi connectivity index (χ1v) is 4.16. The molecule has 0 unspecified atom stereocenters. The van der Waals surface area contributed by atoms with Crippen LogP contribution >= 0.6 is 0 Å². The largest absolute Gasteiger partial charge is 0.319 e. The van der Waals surface area contributed by atoms with Crippen LogP contribution in [0.2, 0.25) is 0 Å². The van der Waals surface area contributed by atoms with Crippen molar-refractivity contribution in [1.29, 1.82) is 0 Å². The minimum Gasteiger partial charge on any atom is -0.319 e. The van der Waals surface area contributed by atoms with Crippen LogP contribution in [0.5, 0.6) is 0 Å². The Morgan fingerprint density at radius 1 is 1.69 bits per heavy atom. The molecule has 0 aliphatic heterocycles. The standard InChI is InChI=1S/C8H14N4O/c1-9-5-4-8(13)11-7-3-6-10-12(7)2/h3,6,9H,4-5H2,1-2H3,(H,11,13). The highest BCUT2D eigenvalue weighted by atomic mass is 16.1. The minimum atomic E-state index is -0.00190. The van der Waals surface area contributed by atoms with Crippen molar-refractivity contribution in [2.75, 3.05) is 18.9 Å². The Morgan fingerprint density at radius 2 is 2.46 bits per heavy atom. The highest BCUT2D eigenvalue weighted by Gasteiger charge is 2.03. The van der Waals surface area contributed by atoms with E-state index in [2.05, 4.69) is 15.7 Å². The molecule has 1 aromatic rings. The molecule has 0 spiro atoms. The number of aryl methyl sites for hydroxylation is 1. The molecule has 5 nitrogen and oxygen atoms in total. The molecule has 0 saturated carbocycles. The van der Waals surface area contributed by atoms with Gasteiger partial charge < -0.3 is 10.6 Å². The van der Waals surface area contributed by atoms with Crippen molar-refractivity contribution >= 4 is 11.7 Å². The number of amides is 1. The van der Waals surface area contributed by atoms with Gasteiger partial charge in [0.1, 0.15) is 5.82 Å². The Morgan fingerprint density at radius 3 is 3.00 bits per heavy atom. The third-order valence-corrected chi connectivity index (χ3v) is 1.69. The maximum absolute atomic E-state index is 11.2. The Kier molecular flexibility index (Phi) is 3.45. The van der Waals surface area contributed by atoms with Gasteiger partial charge in [0.05, 0.1) is 6.20 Å². The zero-order valence-corrected chi connectivity index (χ0v) is 7.87. The number of carbonyl (C=O) groups is 1. The number of anilines is 1. The van der Waals surface area contributed by atoms with E-state index in [1.54, 1.807) is 24.0 Å². The molecule has 1 rings (SSSR count). The molecule has 0 bridgehead atoms. The van der Waals surface area contributed by atoms with E-state index in [1.807, 2.05) is 7.05 Å². The first-order valence-electron chi connectivity index (χ1n) is 4.16. The molecule has 0 aliphatic rings. The van der Waals surface area contributed by atoms with E-state index >= 15 is 0 Å². The second-order valence-electron chi connectivity index (χ2n) is 2.74. The molecule has 1 aromatic heterocycles. The number of aromatic nitrogens is 2. The molecule has 0 saturated heterocycles. The maximum atomic E-state index is 11.2. The first kappa shape index (κ1) is 9.73. The van der Waals surface area contributed by atoms with Crippen molar-refractivity contribution in [2.45, 2.75) is 6.42 Å². The summed E-state index contributed by atoms with van der Waals surface area (Å²) in [7, 11) is 3.60. The SMILES string of the molecule is CNCCC(=O)Nc1ccnn1C. The van der Waals surface area contributed by atoms with Gasteiger partial charge in [0, 0.05) is 26.1 Å². The van der Waals surface area contributed by atoms with Gasteiger partial charge in [-0.25, -0.2) is 0 Å². The third kappa shape index (κ3) is 2.87. The number of hydrogen-bond donors (Lipinski definition) is 2. The quantitative estimate of drug-likeness (QED) is 0.687. The van der Waals surface area contributed by atoms with Crippen LogP contribution in [0.15, 0.2) is 12.3 Å². The second kappa shape index (κ2) is 4.61. The predicted molar refractivity (Wildman–Crippen MR) is 50.4 cm³/mol. The number of rotatable bonds is 4. The van der Waals surface area contributed by atoms with Crippen LogP contribution in [-0.2, 0) is 11.8 Å². The van der Waals surface area contributed by atoms with E-state index in [1.165, 1.54) is 0 Å². The molecule has 2 N–H and O–H groups in total. The average Bonchev–Trinajstić information content (AvgIpc) is 2.48. The summed E-state index contributed by atoms with van der Waals surface area (Å²) in [5.74, 6) is 0.721. The average molecular weight is 182 g/mol. The van der Waals surface area contributed by atoms with E-state index in [9.17, 15) is 4.79 Å². The summed E-state index contributed by atoms with van der Waals surface area (Å²) >= 11 is 0. The van der Waals surface area contributed by atoms with Crippen molar-refractivity contribution in [2.24, 2.45) is 7.05 Å². The Hall–Kier alpha value is -1.36. The van der Waals surface area contributed by atoms with Crippen LogP contribution in [0.25, 0.3) is 0 Å². The lowest BCUT2D eigenvalue weighted by Gasteiger charge is -2.04. The molecule has 1 amide bonds. The van der Waals surface area contributed by atoms with E-state index < -0.39 is 0 Å². The first-order chi connectivity index (χ1) is 6.24. The monoisotopic (exact) mass is 182 g/mol. The minimum absolute atomic E-state index is 0.00190. The molecule has 1 heterocycles. The van der Waals surface area contributed by atoms with Crippen LogP contribution < -0.4 is 10.6 Å². The van der Waals surface area contributed by atoms with Gasteiger partial charge in [0.25, 0.3) is 0 Å². The lowest BCUT2D eigenvalue weighted by atomic mass is 10.4. The molecular weight excluding hydrogens is 168 g/mol. The maximum Gasteiger partial charge on any atom is 0.226 e. The highest BCUT2D eigenvalue weighted by Crippen LogP contribution is 2.03. The van der Waals surface area contributed by atoms with Gasteiger partial charge in [-0.15, -0.1) is 0 Å². The van der Waals surface area contributed by atoms with E-state index in [4.69, 9.17) is 0 Å². The third-order valence-electron chi connectivity index (χ3n) is 1.69. The molecule has 5 heteroatoms. The summed E-state index contributed by atoms with van der Waals surface area (Å²) in [5.41, 5.74) is 0. The van der Waals surface area contributed by atoms with Gasteiger partial charge >= 0.3 is 0 Å². The molecule has 0 fully saturated rings. The fraction of sp³-hybridized carbons (Fsp3) is 0.500. The predicted octanol–water partition coefficient (Wildman–Crippen LogP) is -0.0319. The lowest BCUT2D eigenvalue weighted by molar-refractivity contribution is -0.116. The van der Waals surface area contributed by atoms with Crippen molar-refractivity contribution in [1.82, 2.24) is 15.1 Å². The summed E-state index contributed by atoms with van der Waals surface area (Å²) < 4.78 is 1.62. The second-order valence-corrected chi connectivity index (χ2v) is 2.74. The Balaban J connectivity index is 2.41. The summed E-state index contributed by atoms with van der Waals surface area (Å²) in [6.45, 7) is 0.684. The number of hydrogen-bond acceptors (Lipinski definition) is 3. The van der Waals surface area contributed by atoms with Crippen molar-refractivity contribution in [3.8, 4) is 0 Å². The number of carbonyl (C=O) groups excluding carboxylic acids is 1. The normalized spacial score (nSPS) is 10.0. The fourth-order valence-electron chi connectivity index (χ4n) is 0.940. The molecule has 0 atom stereocenters. The highest BCUT2D eigenvalue weighted by molar-refractivity contribution is 5.89. The van der Waals surface area contributed by atoms with Crippen LogP contribution in [-0.4, -0.2) is 29.3 Å². The van der Waals surface area contributed by atoms with Crippen molar-refractivity contribution in [3.05, 3.63) is 12.3 Å². The van der Waals surface area contributed by atoms with Gasteiger partial charge in [0.15, 0.2) is 0 Å². The molecule has 0 aliphatic carbocycles. The van der Waals surface area contributed by atoms with Gasteiger partial charge in [0.2, 0.25) is 5.91 Å². The van der Waals surface area contributed by atoms with Gasteiger partial charge in [-0.05, 0) is 7.05 Å². The summed E-state index contributed by atoms with van der Waals surface area (Å²) in [6.07, 6.45) is 2.12. The van der Waals surface area contributed by atoms with E-state index in [0.29, 0.717) is 13.0 Å². The topological polar surface area (TPSA) is 59.0 Å². The lowest BCUT2D eigenvalue weighted by Crippen LogP contribution is -2.19. The van der Waals surface area contributed by atoms with E-state index in [0.717, 1.165) is 5.82 Å². The van der Waals surface area contributed by atoms with E-state index in [-0.39, 0.29) is 5.91 Å². The smallest absolute Gasteiger partial charge is 0.226 e. The molecule has 13 heavy (non-hydrogen) atoms. The summed E-state index contributed by atoms with van der Waals surface area (Å²) in [5, 5.41) is 9.59.